The van der Waals surface area contributed by atoms with Gasteiger partial charge < -0.3 is 9.63 Å². The molecule has 1 aromatic rings. The van der Waals surface area contributed by atoms with Gasteiger partial charge in [0.25, 0.3) is 0 Å². The van der Waals surface area contributed by atoms with E-state index in [1.807, 2.05) is 6.92 Å². The minimum atomic E-state index is -0.386. The predicted molar refractivity (Wildman–Crippen MR) is 65.3 cm³/mol. The number of hydrogen-bond acceptors (Lipinski definition) is 5. The molecule has 1 aromatic heterocycles. The number of rotatable bonds is 5. The lowest BCUT2D eigenvalue weighted by Crippen LogP contribution is -2.09. The monoisotopic (exact) mass is 244 g/mol. The first-order valence-corrected chi connectivity index (χ1v) is 6.52. The molecule has 5 heteroatoms. The Morgan fingerprint density at radius 2 is 2.12 bits per heavy atom. The molecular formula is C11H20N2O2S. The smallest absolute Gasteiger partial charge is 0.229 e. The molecule has 1 atom stereocenters. The van der Waals surface area contributed by atoms with Crippen molar-refractivity contribution >= 4 is 11.8 Å². The average Bonchev–Trinajstić information content (AvgIpc) is 2.61. The Morgan fingerprint density at radius 3 is 2.69 bits per heavy atom. The molecule has 0 radical (unpaired) electrons. The molecule has 0 aliphatic rings. The Hall–Kier alpha value is -0.550. The average molecular weight is 244 g/mol. The van der Waals surface area contributed by atoms with Crippen LogP contribution >= 0.6 is 11.8 Å². The van der Waals surface area contributed by atoms with Crippen LogP contribution in [0.3, 0.4) is 0 Å². The van der Waals surface area contributed by atoms with Crippen LogP contribution in [0, 0.1) is 0 Å². The summed E-state index contributed by atoms with van der Waals surface area (Å²) in [7, 11) is 0. The summed E-state index contributed by atoms with van der Waals surface area (Å²) < 4.78 is 5.27. The fourth-order valence-electron chi connectivity index (χ4n) is 1.06. The minimum absolute atomic E-state index is 0.198. The highest BCUT2D eigenvalue weighted by atomic mass is 32.2. The summed E-state index contributed by atoms with van der Waals surface area (Å²) in [5, 5.41) is 13.3. The predicted octanol–water partition coefficient (Wildman–Crippen LogP) is 2.41. The summed E-state index contributed by atoms with van der Waals surface area (Å²) in [6.45, 7) is 8.38. The van der Waals surface area contributed by atoms with Crippen LogP contribution in [0.4, 0.5) is 0 Å². The van der Waals surface area contributed by atoms with Crippen LogP contribution in [0.5, 0.6) is 0 Å². The van der Waals surface area contributed by atoms with Crippen LogP contribution < -0.4 is 0 Å². The summed E-state index contributed by atoms with van der Waals surface area (Å²) in [5.41, 5.74) is 0. The van der Waals surface area contributed by atoms with Gasteiger partial charge in [-0.2, -0.15) is 4.98 Å². The molecule has 0 aliphatic carbocycles. The van der Waals surface area contributed by atoms with E-state index in [0.717, 1.165) is 5.75 Å². The zero-order valence-electron chi connectivity index (χ0n) is 10.4. The molecule has 1 N–H and O–H groups in total. The third-order valence-electron chi connectivity index (χ3n) is 2.03. The van der Waals surface area contributed by atoms with Crippen LogP contribution in [0.25, 0.3) is 0 Å². The van der Waals surface area contributed by atoms with Crippen molar-refractivity contribution in [3.63, 3.8) is 0 Å². The number of nitrogens with zero attached hydrogens (tertiary/aromatic N) is 2. The summed E-state index contributed by atoms with van der Waals surface area (Å²) >= 11 is 1.78. The molecule has 1 unspecified atom stereocenters. The number of hydrogen-bond donors (Lipinski definition) is 1. The zero-order valence-corrected chi connectivity index (χ0v) is 11.2. The van der Waals surface area contributed by atoms with Crippen molar-refractivity contribution < 1.29 is 9.63 Å². The van der Waals surface area contributed by atoms with Gasteiger partial charge in [0, 0.05) is 4.75 Å². The van der Waals surface area contributed by atoms with E-state index in [1.165, 1.54) is 0 Å². The lowest BCUT2D eigenvalue weighted by molar-refractivity contribution is 0.158. The van der Waals surface area contributed by atoms with Gasteiger partial charge in [0.1, 0.15) is 0 Å². The Morgan fingerprint density at radius 1 is 1.44 bits per heavy atom. The first-order valence-electron chi connectivity index (χ1n) is 5.54. The third-order valence-corrected chi connectivity index (χ3v) is 3.29. The Balaban J connectivity index is 2.45. The zero-order chi connectivity index (χ0) is 12.2. The maximum atomic E-state index is 9.45. The topological polar surface area (TPSA) is 59.2 Å². The second-order valence-corrected chi connectivity index (χ2v) is 6.57. The highest BCUT2D eigenvalue weighted by Gasteiger charge is 2.15. The molecule has 0 bridgehead atoms. The van der Waals surface area contributed by atoms with Crippen LogP contribution in [0.1, 0.15) is 45.8 Å². The molecule has 16 heavy (non-hydrogen) atoms. The summed E-state index contributed by atoms with van der Waals surface area (Å²) in [5.74, 6) is 1.98. The maximum absolute atomic E-state index is 9.45. The summed E-state index contributed by atoms with van der Waals surface area (Å²) in [6.07, 6.45) is 0.765. The molecule has 0 saturated carbocycles. The number of aromatic nitrogens is 2. The van der Waals surface area contributed by atoms with Crippen LogP contribution in [0.15, 0.2) is 4.52 Å². The molecular weight excluding hydrogens is 224 g/mol. The van der Waals surface area contributed by atoms with E-state index < -0.39 is 0 Å². The number of aliphatic hydroxyl groups excluding tert-OH is 1. The largest absolute Gasteiger partial charge is 0.393 e. The SMILES string of the molecule is CCC(O)Cc1nc(CSC(C)(C)C)no1. The van der Waals surface area contributed by atoms with Gasteiger partial charge >= 0.3 is 0 Å². The number of aliphatic hydroxyl groups is 1. The molecule has 4 nitrogen and oxygen atoms in total. The molecule has 0 aliphatic heterocycles. The second-order valence-electron chi connectivity index (χ2n) is 4.77. The van der Waals surface area contributed by atoms with E-state index >= 15 is 0 Å². The third kappa shape index (κ3) is 4.99. The lowest BCUT2D eigenvalue weighted by atomic mass is 10.2. The Kier molecular flexibility index (Phi) is 4.80. The van der Waals surface area contributed by atoms with Crippen molar-refractivity contribution in [3.05, 3.63) is 11.7 Å². The lowest BCUT2D eigenvalue weighted by Gasteiger charge is -2.15. The molecule has 0 amide bonds. The van der Waals surface area contributed by atoms with Crippen LogP contribution in [-0.4, -0.2) is 26.1 Å². The van der Waals surface area contributed by atoms with Crippen molar-refractivity contribution in [3.8, 4) is 0 Å². The summed E-state index contributed by atoms with van der Waals surface area (Å²) in [4.78, 5) is 4.24. The molecule has 1 heterocycles. The highest BCUT2D eigenvalue weighted by Crippen LogP contribution is 2.26. The van der Waals surface area contributed by atoms with Crippen molar-refractivity contribution in [2.45, 2.75) is 57.1 Å². The van der Waals surface area contributed by atoms with E-state index in [1.54, 1.807) is 11.8 Å². The molecule has 0 aromatic carbocycles. The van der Waals surface area contributed by atoms with Gasteiger partial charge in [-0.05, 0) is 6.42 Å². The van der Waals surface area contributed by atoms with Gasteiger partial charge in [0.15, 0.2) is 5.82 Å². The highest BCUT2D eigenvalue weighted by molar-refractivity contribution is 7.99. The quantitative estimate of drug-likeness (QED) is 0.862. The fraction of sp³-hybridized carbons (Fsp3) is 0.818. The fourth-order valence-corrected chi connectivity index (χ4v) is 1.74. The Bertz CT molecular complexity index is 320. The molecule has 0 fully saturated rings. The Labute approximate surface area is 101 Å². The van der Waals surface area contributed by atoms with Gasteiger partial charge in [0.05, 0.1) is 18.3 Å². The van der Waals surface area contributed by atoms with Crippen molar-refractivity contribution in [1.82, 2.24) is 10.1 Å². The van der Waals surface area contributed by atoms with E-state index in [2.05, 4.69) is 30.9 Å². The molecule has 0 saturated heterocycles. The summed E-state index contributed by atoms with van der Waals surface area (Å²) in [6, 6.07) is 0. The van der Waals surface area contributed by atoms with Crippen LogP contribution in [-0.2, 0) is 12.2 Å². The molecule has 0 spiro atoms. The van der Waals surface area contributed by atoms with Gasteiger partial charge in [-0.1, -0.05) is 32.9 Å². The van der Waals surface area contributed by atoms with Crippen molar-refractivity contribution in [2.24, 2.45) is 0 Å². The van der Waals surface area contributed by atoms with Crippen molar-refractivity contribution in [1.29, 1.82) is 0 Å². The van der Waals surface area contributed by atoms with Crippen molar-refractivity contribution in [2.75, 3.05) is 0 Å². The normalized spacial score (nSPS) is 14.1. The first-order chi connectivity index (χ1) is 7.40. The van der Waals surface area contributed by atoms with E-state index in [0.29, 0.717) is 24.6 Å². The molecule has 92 valence electrons. The maximum Gasteiger partial charge on any atom is 0.229 e. The van der Waals surface area contributed by atoms with Gasteiger partial charge in [-0.15, -0.1) is 11.8 Å². The van der Waals surface area contributed by atoms with Crippen LogP contribution in [0.2, 0.25) is 0 Å². The molecule has 1 rings (SSSR count). The first kappa shape index (κ1) is 13.5. The second kappa shape index (κ2) is 5.68. The number of thioether (sulfide) groups is 1. The minimum Gasteiger partial charge on any atom is -0.393 e. The van der Waals surface area contributed by atoms with Gasteiger partial charge in [-0.25, -0.2) is 0 Å². The van der Waals surface area contributed by atoms with Gasteiger partial charge in [0.2, 0.25) is 5.89 Å². The standard InChI is InChI=1S/C11H20N2O2S/c1-5-8(14)6-10-12-9(13-15-10)7-16-11(2,3)4/h8,14H,5-7H2,1-4H3. The van der Waals surface area contributed by atoms with Gasteiger partial charge in [-0.3, -0.25) is 0 Å². The van der Waals surface area contributed by atoms with E-state index in [-0.39, 0.29) is 10.9 Å². The van der Waals surface area contributed by atoms with E-state index in [9.17, 15) is 5.11 Å². The van der Waals surface area contributed by atoms with E-state index in [4.69, 9.17) is 4.52 Å².